The summed E-state index contributed by atoms with van der Waals surface area (Å²) >= 11 is 4.27. The summed E-state index contributed by atoms with van der Waals surface area (Å²) in [6.45, 7) is 2.09. The third-order valence-electron chi connectivity index (χ3n) is 3.54. The van der Waals surface area contributed by atoms with Gasteiger partial charge >= 0.3 is 0 Å². The SMILES string of the molecule is C/C=C\C(=C/CS)CCCC1CCCCC1. The molecule has 1 aliphatic rings. The molecule has 0 radical (unpaired) electrons. The highest BCUT2D eigenvalue weighted by atomic mass is 32.1. The van der Waals surface area contributed by atoms with E-state index in [4.69, 9.17) is 0 Å². The van der Waals surface area contributed by atoms with Crippen molar-refractivity contribution >= 4 is 12.6 Å². The van der Waals surface area contributed by atoms with Gasteiger partial charge in [-0.25, -0.2) is 0 Å². The summed E-state index contributed by atoms with van der Waals surface area (Å²) in [5.74, 6) is 1.89. The van der Waals surface area contributed by atoms with E-state index in [2.05, 4.69) is 37.8 Å². The Morgan fingerprint density at radius 2 is 2.00 bits per heavy atom. The maximum absolute atomic E-state index is 4.27. The Morgan fingerprint density at radius 1 is 1.25 bits per heavy atom. The smallest absolute Gasteiger partial charge is 0.00883 e. The molecule has 0 saturated heterocycles. The van der Waals surface area contributed by atoms with E-state index in [0.717, 1.165) is 11.7 Å². The molecule has 1 heteroatoms. The molecule has 16 heavy (non-hydrogen) atoms. The summed E-state index contributed by atoms with van der Waals surface area (Å²) in [6.07, 6.45) is 18.0. The normalized spacial score (nSPS) is 19.5. The van der Waals surface area contributed by atoms with E-state index in [1.165, 1.54) is 56.9 Å². The minimum Gasteiger partial charge on any atom is -0.175 e. The Bertz CT molecular complexity index is 222. The lowest BCUT2D eigenvalue weighted by Crippen LogP contribution is -2.05. The van der Waals surface area contributed by atoms with Gasteiger partial charge in [-0.3, -0.25) is 0 Å². The number of allylic oxidation sites excluding steroid dienone is 3. The van der Waals surface area contributed by atoms with Crippen molar-refractivity contribution in [1.29, 1.82) is 0 Å². The zero-order valence-electron chi connectivity index (χ0n) is 10.6. The van der Waals surface area contributed by atoms with Gasteiger partial charge in [-0.2, -0.15) is 12.6 Å². The van der Waals surface area contributed by atoms with Gasteiger partial charge in [-0.05, 0) is 25.7 Å². The van der Waals surface area contributed by atoms with Crippen LogP contribution < -0.4 is 0 Å². The molecule has 1 rings (SSSR count). The van der Waals surface area contributed by atoms with Crippen LogP contribution in [0.3, 0.4) is 0 Å². The van der Waals surface area contributed by atoms with Crippen molar-refractivity contribution in [2.45, 2.75) is 58.3 Å². The van der Waals surface area contributed by atoms with Crippen LogP contribution in [-0.2, 0) is 0 Å². The van der Waals surface area contributed by atoms with Gasteiger partial charge in [0.25, 0.3) is 0 Å². The Labute approximate surface area is 107 Å². The molecule has 1 fully saturated rings. The lowest BCUT2D eigenvalue weighted by atomic mass is 9.85. The molecule has 0 bridgehead atoms. The van der Waals surface area contributed by atoms with E-state index in [1.54, 1.807) is 0 Å². The fourth-order valence-electron chi connectivity index (χ4n) is 2.66. The molecule has 1 aliphatic carbocycles. The fraction of sp³-hybridized carbons (Fsp3) is 0.733. The Balaban J connectivity index is 2.19. The molecule has 0 unspecified atom stereocenters. The Morgan fingerprint density at radius 3 is 2.62 bits per heavy atom. The topological polar surface area (TPSA) is 0 Å². The number of rotatable bonds is 6. The van der Waals surface area contributed by atoms with Crippen LogP contribution in [0.15, 0.2) is 23.8 Å². The van der Waals surface area contributed by atoms with Crippen molar-refractivity contribution < 1.29 is 0 Å². The van der Waals surface area contributed by atoms with Crippen LogP contribution in [0.4, 0.5) is 0 Å². The third-order valence-corrected chi connectivity index (χ3v) is 3.72. The highest BCUT2D eigenvalue weighted by molar-refractivity contribution is 7.80. The predicted molar refractivity (Wildman–Crippen MR) is 77.2 cm³/mol. The lowest BCUT2D eigenvalue weighted by Gasteiger charge is -2.21. The summed E-state index contributed by atoms with van der Waals surface area (Å²) in [7, 11) is 0. The summed E-state index contributed by atoms with van der Waals surface area (Å²) in [4.78, 5) is 0. The van der Waals surface area contributed by atoms with Gasteiger partial charge in [0.2, 0.25) is 0 Å². The second kappa shape index (κ2) is 8.92. The second-order valence-corrected chi connectivity index (χ2v) is 5.22. The molecular weight excluding hydrogens is 212 g/mol. The van der Waals surface area contributed by atoms with Crippen LogP contribution in [0.25, 0.3) is 0 Å². The van der Waals surface area contributed by atoms with Crippen molar-refractivity contribution in [3.05, 3.63) is 23.8 Å². The fourth-order valence-corrected chi connectivity index (χ4v) is 2.89. The van der Waals surface area contributed by atoms with Gasteiger partial charge in [0, 0.05) is 5.75 Å². The van der Waals surface area contributed by atoms with Crippen LogP contribution in [0, 0.1) is 5.92 Å². The highest BCUT2D eigenvalue weighted by Gasteiger charge is 2.12. The number of hydrogen-bond donors (Lipinski definition) is 1. The van der Waals surface area contributed by atoms with Gasteiger partial charge in [-0.15, -0.1) is 0 Å². The average molecular weight is 238 g/mol. The number of hydrogen-bond acceptors (Lipinski definition) is 1. The van der Waals surface area contributed by atoms with Gasteiger partial charge in [0.15, 0.2) is 0 Å². The number of thiol groups is 1. The van der Waals surface area contributed by atoms with Crippen LogP contribution in [-0.4, -0.2) is 5.75 Å². The molecule has 0 aromatic carbocycles. The van der Waals surface area contributed by atoms with Crippen molar-refractivity contribution in [2.24, 2.45) is 5.92 Å². The van der Waals surface area contributed by atoms with Gasteiger partial charge in [-0.1, -0.05) is 62.3 Å². The molecular formula is C15H26S. The van der Waals surface area contributed by atoms with E-state index in [1.807, 2.05) is 0 Å². The minimum absolute atomic E-state index is 0.864. The van der Waals surface area contributed by atoms with Gasteiger partial charge < -0.3 is 0 Å². The largest absolute Gasteiger partial charge is 0.175 e. The molecule has 0 aliphatic heterocycles. The summed E-state index contributed by atoms with van der Waals surface area (Å²) in [5.41, 5.74) is 1.47. The molecule has 0 N–H and O–H groups in total. The standard InChI is InChI=1S/C15H26S/c1-2-7-14(12-13-16)10-6-11-15-8-4-3-5-9-15/h2,7,12,15-16H,3-6,8-11,13H2,1H3/b7-2-,14-12+. The van der Waals surface area contributed by atoms with Crippen LogP contribution in [0.1, 0.15) is 58.3 Å². The molecule has 0 aromatic heterocycles. The Kier molecular flexibility index (Phi) is 7.75. The molecule has 0 spiro atoms. The first kappa shape index (κ1) is 13.9. The maximum Gasteiger partial charge on any atom is 0.00883 e. The lowest BCUT2D eigenvalue weighted by molar-refractivity contribution is 0.332. The quantitative estimate of drug-likeness (QED) is 0.479. The maximum atomic E-state index is 4.27. The van der Waals surface area contributed by atoms with E-state index in [-0.39, 0.29) is 0 Å². The molecule has 0 atom stereocenters. The third kappa shape index (κ3) is 5.79. The molecule has 0 nitrogen and oxygen atoms in total. The first-order valence-electron chi connectivity index (χ1n) is 6.79. The molecule has 1 saturated carbocycles. The van der Waals surface area contributed by atoms with Crippen molar-refractivity contribution in [3.63, 3.8) is 0 Å². The van der Waals surface area contributed by atoms with Gasteiger partial charge in [0.1, 0.15) is 0 Å². The summed E-state index contributed by atoms with van der Waals surface area (Å²) in [5, 5.41) is 0. The van der Waals surface area contributed by atoms with E-state index < -0.39 is 0 Å². The van der Waals surface area contributed by atoms with Crippen molar-refractivity contribution in [1.82, 2.24) is 0 Å². The van der Waals surface area contributed by atoms with Crippen LogP contribution >= 0.6 is 12.6 Å². The van der Waals surface area contributed by atoms with E-state index >= 15 is 0 Å². The molecule has 0 aromatic rings. The van der Waals surface area contributed by atoms with Crippen molar-refractivity contribution in [2.75, 3.05) is 5.75 Å². The average Bonchev–Trinajstić information content (AvgIpc) is 2.31. The summed E-state index contributed by atoms with van der Waals surface area (Å²) < 4.78 is 0. The molecule has 0 amide bonds. The summed E-state index contributed by atoms with van der Waals surface area (Å²) in [6, 6.07) is 0. The second-order valence-electron chi connectivity index (χ2n) is 4.86. The monoisotopic (exact) mass is 238 g/mol. The first-order valence-corrected chi connectivity index (χ1v) is 7.42. The zero-order valence-corrected chi connectivity index (χ0v) is 11.5. The zero-order chi connectivity index (χ0) is 11.6. The van der Waals surface area contributed by atoms with Crippen LogP contribution in [0.5, 0.6) is 0 Å². The first-order chi connectivity index (χ1) is 7.86. The Hall–Kier alpha value is -0.170. The van der Waals surface area contributed by atoms with Crippen molar-refractivity contribution in [3.8, 4) is 0 Å². The highest BCUT2D eigenvalue weighted by Crippen LogP contribution is 2.28. The predicted octanol–water partition coefficient (Wildman–Crippen LogP) is 5.17. The van der Waals surface area contributed by atoms with Gasteiger partial charge in [0.05, 0.1) is 0 Å². The molecule has 92 valence electrons. The minimum atomic E-state index is 0.864. The molecule has 0 heterocycles. The van der Waals surface area contributed by atoms with Crippen LogP contribution in [0.2, 0.25) is 0 Å². The van der Waals surface area contributed by atoms with E-state index in [0.29, 0.717) is 0 Å². The van der Waals surface area contributed by atoms with E-state index in [9.17, 15) is 0 Å².